The van der Waals surface area contributed by atoms with Gasteiger partial charge in [-0.3, -0.25) is 0 Å². The van der Waals surface area contributed by atoms with E-state index in [1.807, 2.05) is 62.4 Å². The highest BCUT2D eigenvalue weighted by molar-refractivity contribution is 5.79. The molecule has 1 heterocycles. The third-order valence-corrected chi connectivity index (χ3v) is 4.27. The van der Waals surface area contributed by atoms with Crippen molar-refractivity contribution in [2.45, 2.75) is 20.8 Å². The lowest BCUT2D eigenvalue weighted by atomic mass is 10.1. The van der Waals surface area contributed by atoms with Gasteiger partial charge < -0.3 is 10.6 Å². The fourth-order valence-electron chi connectivity index (χ4n) is 2.69. The Morgan fingerprint density at radius 1 is 0.852 bits per heavy atom. The van der Waals surface area contributed by atoms with Crippen LogP contribution in [0.4, 0.5) is 28.7 Å². The van der Waals surface area contributed by atoms with E-state index in [1.54, 1.807) is 6.92 Å². The van der Waals surface area contributed by atoms with Crippen molar-refractivity contribution < 1.29 is 0 Å². The summed E-state index contributed by atoms with van der Waals surface area (Å²) in [4.78, 5) is 4.55. The molecule has 0 saturated carbocycles. The van der Waals surface area contributed by atoms with Gasteiger partial charge in [0.2, 0.25) is 0 Å². The van der Waals surface area contributed by atoms with Crippen LogP contribution < -0.4 is 10.6 Å². The normalized spacial score (nSPS) is 10.1. The van der Waals surface area contributed by atoms with E-state index in [-0.39, 0.29) is 0 Å². The second-order valence-corrected chi connectivity index (χ2v) is 6.36. The maximum Gasteiger partial charge on any atom is 0.161 e. The summed E-state index contributed by atoms with van der Waals surface area (Å²) in [7, 11) is 0. The van der Waals surface area contributed by atoms with Crippen molar-refractivity contribution in [1.82, 2.24) is 4.98 Å². The van der Waals surface area contributed by atoms with E-state index in [1.165, 1.54) is 0 Å². The Labute approximate surface area is 158 Å². The highest BCUT2D eigenvalue weighted by Gasteiger charge is 2.17. The van der Waals surface area contributed by atoms with Crippen LogP contribution in [0.1, 0.15) is 22.3 Å². The lowest BCUT2D eigenvalue weighted by Crippen LogP contribution is -2.04. The molecular weight excluding hydrogens is 336 g/mol. The van der Waals surface area contributed by atoms with Crippen molar-refractivity contribution in [2.24, 2.45) is 5.11 Å². The Balaban J connectivity index is 2.05. The summed E-state index contributed by atoms with van der Waals surface area (Å²) in [5.74, 6) is 0.862. The smallest absolute Gasteiger partial charge is 0.161 e. The molecule has 0 aliphatic rings. The van der Waals surface area contributed by atoms with E-state index < -0.39 is 0 Å². The molecule has 0 bridgehead atoms. The fourth-order valence-corrected chi connectivity index (χ4v) is 2.69. The molecule has 0 spiro atoms. The topological polar surface area (TPSA) is 96.9 Å². The van der Waals surface area contributed by atoms with Crippen molar-refractivity contribution in [3.8, 4) is 6.07 Å². The molecule has 0 amide bonds. The first-order chi connectivity index (χ1) is 13.0. The Kier molecular flexibility index (Phi) is 5.13. The molecule has 134 valence electrons. The van der Waals surface area contributed by atoms with Crippen molar-refractivity contribution in [1.29, 1.82) is 10.8 Å². The fraction of sp³-hybridized carbons (Fsp3) is 0.143. The minimum absolute atomic E-state index is 0.349. The van der Waals surface area contributed by atoms with E-state index in [2.05, 4.69) is 26.8 Å². The average molecular weight is 356 g/mol. The summed E-state index contributed by atoms with van der Waals surface area (Å²) >= 11 is 0. The van der Waals surface area contributed by atoms with Crippen LogP contribution in [0.3, 0.4) is 0 Å². The molecule has 0 fully saturated rings. The number of nitrogens with zero attached hydrogens (tertiary/aromatic N) is 3. The number of hydrogen-bond acceptors (Lipinski definition) is 6. The molecule has 27 heavy (non-hydrogen) atoms. The number of benzene rings is 2. The van der Waals surface area contributed by atoms with Gasteiger partial charge in [0.25, 0.3) is 0 Å². The molecule has 6 heteroatoms. The first kappa shape index (κ1) is 18.1. The zero-order valence-corrected chi connectivity index (χ0v) is 15.5. The number of aromatic nitrogens is 1. The highest BCUT2D eigenvalue weighted by atomic mass is 15.1. The second kappa shape index (κ2) is 7.67. The molecule has 0 aliphatic carbocycles. The van der Waals surface area contributed by atoms with E-state index in [9.17, 15) is 5.26 Å². The van der Waals surface area contributed by atoms with Crippen LogP contribution in [0, 0.1) is 37.6 Å². The Hall–Kier alpha value is -3.72. The predicted octanol–water partition coefficient (Wildman–Crippen LogP) is 6.03. The van der Waals surface area contributed by atoms with Crippen molar-refractivity contribution in [3.05, 3.63) is 70.8 Å². The summed E-state index contributed by atoms with van der Waals surface area (Å²) in [5.41, 5.74) is 12.8. The van der Waals surface area contributed by atoms with E-state index in [0.717, 1.165) is 22.5 Å². The van der Waals surface area contributed by atoms with Crippen LogP contribution in [0.2, 0.25) is 0 Å². The van der Waals surface area contributed by atoms with Crippen LogP contribution in [0.25, 0.3) is 0 Å². The summed E-state index contributed by atoms with van der Waals surface area (Å²) in [6, 6.07) is 17.9. The maximum absolute atomic E-state index is 9.60. The van der Waals surface area contributed by atoms with Crippen molar-refractivity contribution in [3.63, 3.8) is 0 Å². The van der Waals surface area contributed by atoms with Crippen LogP contribution in [-0.2, 0) is 0 Å². The van der Waals surface area contributed by atoms with Gasteiger partial charge >= 0.3 is 0 Å². The molecule has 6 nitrogen and oxygen atoms in total. The highest BCUT2D eigenvalue weighted by Crippen LogP contribution is 2.36. The third-order valence-electron chi connectivity index (χ3n) is 4.27. The molecule has 3 rings (SSSR count). The summed E-state index contributed by atoms with van der Waals surface area (Å²) in [6.07, 6.45) is 0. The van der Waals surface area contributed by atoms with Gasteiger partial charge in [0.15, 0.2) is 11.6 Å². The monoisotopic (exact) mass is 356 g/mol. The number of pyridine rings is 1. The van der Waals surface area contributed by atoms with Gasteiger partial charge in [0.1, 0.15) is 11.8 Å². The number of nitriles is 1. The molecule has 3 aromatic rings. The number of aryl methyl sites for hydroxylation is 2. The predicted molar refractivity (Wildman–Crippen MR) is 107 cm³/mol. The number of rotatable bonds is 5. The summed E-state index contributed by atoms with van der Waals surface area (Å²) < 4.78 is 0. The quantitative estimate of drug-likeness (QED) is 0.486. The molecule has 0 unspecified atom stereocenters. The largest absolute Gasteiger partial charge is 0.339 e. The maximum atomic E-state index is 9.60. The molecular formula is C21H20N6. The molecule has 3 N–H and O–H groups in total. The standard InChI is InChI=1S/C21H20N6/c1-13-4-8-16(9-5-13)24-20-18(12-22)15(3)19(27-23)21(26-20)25-17-10-6-14(2)7-11-17/h4-11,23H,1-3H3,(H2,24,25,26). The zero-order chi connectivity index (χ0) is 19.4. The van der Waals surface area contributed by atoms with Crippen molar-refractivity contribution in [2.75, 3.05) is 10.6 Å². The Morgan fingerprint density at radius 2 is 1.33 bits per heavy atom. The SMILES string of the molecule is Cc1ccc(Nc2nc(Nc3ccc(C)cc3)c(N=N)c(C)c2C#N)cc1. The van der Waals surface area contributed by atoms with Gasteiger partial charge in [-0.05, 0) is 45.0 Å². The van der Waals surface area contributed by atoms with E-state index in [4.69, 9.17) is 5.53 Å². The van der Waals surface area contributed by atoms with Crippen LogP contribution in [-0.4, -0.2) is 4.98 Å². The first-order valence-corrected chi connectivity index (χ1v) is 8.51. The lowest BCUT2D eigenvalue weighted by molar-refractivity contribution is 1.11. The van der Waals surface area contributed by atoms with E-state index in [0.29, 0.717) is 28.5 Å². The molecule has 0 aliphatic heterocycles. The second-order valence-electron chi connectivity index (χ2n) is 6.36. The van der Waals surface area contributed by atoms with Gasteiger partial charge in [0, 0.05) is 16.9 Å². The molecule has 0 radical (unpaired) electrons. The van der Waals surface area contributed by atoms with E-state index >= 15 is 0 Å². The summed E-state index contributed by atoms with van der Waals surface area (Å²) in [5, 5.41) is 19.6. The zero-order valence-electron chi connectivity index (χ0n) is 15.5. The van der Waals surface area contributed by atoms with Gasteiger partial charge in [-0.1, -0.05) is 35.4 Å². The average Bonchev–Trinajstić information content (AvgIpc) is 2.66. The van der Waals surface area contributed by atoms with Crippen molar-refractivity contribution >= 4 is 28.7 Å². The van der Waals surface area contributed by atoms with Crippen LogP contribution >= 0.6 is 0 Å². The lowest BCUT2D eigenvalue weighted by Gasteiger charge is -2.15. The Morgan fingerprint density at radius 3 is 1.78 bits per heavy atom. The number of hydrogen-bond donors (Lipinski definition) is 3. The number of nitrogens with one attached hydrogen (secondary N) is 3. The minimum Gasteiger partial charge on any atom is -0.339 e. The summed E-state index contributed by atoms with van der Waals surface area (Å²) in [6.45, 7) is 5.80. The van der Waals surface area contributed by atoms with Crippen LogP contribution in [0.15, 0.2) is 53.6 Å². The Bertz CT molecular complexity index is 1010. The minimum atomic E-state index is 0.349. The van der Waals surface area contributed by atoms with Gasteiger partial charge in [-0.15, -0.1) is 0 Å². The third kappa shape index (κ3) is 3.93. The molecule has 0 atom stereocenters. The molecule has 1 aromatic heterocycles. The molecule has 0 saturated heterocycles. The van der Waals surface area contributed by atoms with Gasteiger partial charge in [0.05, 0.1) is 5.56 Å². The van der Waals surface area contributed by atoms with Gasteiger partial charge in [-0.2, -0.15) is 10.4 Å². The number of anilines is 4. The van der Waals surface area contributed by atoms with Crippen LogP contribution in [0.5, 0.6) is 0 Å². The van der Waals surface area contributed by atoms with Gasteiger partial charge in [-0.25, -0.2) is 10.5 Å². The molecule has 2 aromatic carbocycles. The first-order valence-electron chi connectivity index (χ1n) is 8.51.